The van der Waals surface area contributed by atoms with Crippen molar-refractivity contribution >= 4 is 23.3 Å². The van der Waals surface area contributed by atoms with Gasteiger partial charge in [0, 0.05) is 17.6 Å². The average molecular weight is 435 g/mol. The fraction of sp³-hybridized carbons (Fsp3) is 0.250. The second-order valence-electron chi connectivity index (χ2n) is 6.71. The zero-order chi connectivity index (χ0) is 21.3. The van der Waals surface area contributed by atoms with Crippen LogP contribution in [0.2, 0.25) is 5.02 Å². The van der Waals surface area contributed by atoms with Crippen molar-refractivity contribution in [2.24, 2.45) is 0 Å². The zero-order valence-electron chi connectivity index (χ0n) is 15.9. The van der Waals surface area contributed by atoms with Crippen molar-refractivity contribution in [3.05, 3.63) is 58.9 Å². The minimum Gasteiger partial charge on any atom is -0.495 e. The molecular weight excluding hydrogens is 418 g/mol. The number of anilines is 1. The van der Waals surface area contributed by atoms with Gasteiger partial charge in [0.05, 0.1) is 18.4 Å². The van der Waals surface area contributed by atoms with Gasteiger partial charge in [-0.2, -0.15) is 4.98 Å². The molecule has 1 aliphatic rings. The topological polar surface area (TPSA) is 80.5 Å². The number of ether oxygens (including phenoxy) is 1. The standard InChI is InChI=1S/C20H17ClF2N4O3/c1-29-17-7-4-11(21)9-15(17)24-20(28)27-8-2-3-16(27)19-25-18(26-30-19)13-6-5-12(22)10-14(13)23/h4-7,9-10,16H,2-3,8H2,1H3,(H,24,28)/t16-/m1/s1. The van der Waals surface area contributed by atoms with Crippen LogP contribution in [-0.4, -0.2) is 34.7 Å². The van der Waals surface area contributed by atoms with Crippen molar-refractivity contribution in [2.75, 3.05) is 19.0 Å². The zero-order valence-corrected chi connectivity index (χ0v) is 16.6. The molecule has 1 aromatic heterocycles. The first kappa shape index (κ1) is 20.1. The van der Waals surface area contributed by atoms with E-state index in [0.717, 1.165) is 18.6 Å². The van der Waals surface area contributed by atoms with Gasteiger partial charge in [-0.3, -0.25) is 0 Å². The van der Waals surface area contributed by atoms with Crippen molar-refractivity contribution in [1.82, 2.24) is 15.0 Å². The minimum atomic E-state index is -0.795. The van der Waals surface area contributed by atoms with Crippen LogP contribution in [0.15, 0.2) is 40.9 Å². The average Bonchev–Trinajstić information content (AvgIpc) is 3.37. The number of aromatic nitrogens is 2. The number of rotatable bonds is 4. The molecule has 1 N–H and O–H groups in total. The molecule has 4 rings (SSSR count). The first-order valence-electron chi connectivity index (χ1n) is 9.16. The summed E-state index contributed by atoms with van der Waals surface area (Å²) in [6.07, 6.45) is 1.33. The van der Waals surface area contributed by atoms with Crippen LogP contribution in [0.3, 0.4) is 0 Å². The first-order valence-corrected chi connectivity index (χ1v) is 9.54. The Morgan fingerprint density at radius 2 is 2.13 bits per heavy atom. The summed E-state index contributed by atoms with van der Waals surface area (Å²) in [7, 11) is 1.49. The number of halogens is 3. The fourth-order valence-electron chi connectivity index (χ4n) is 3.38. The SMILES string of the molecule is COc1ccc(Cl)cc1NC(=O)N1CCC[C@@H]1c1nc(-c2ccc(F)cc2F)no1. The second-order valence-corrected chi connectivity index (χ2v) is 7.14. The summed E-state index contributed by atoms with van der Waals surface area (Å²) >= 11 is 6.02. The number of hydrogen-bond donors (Lipinski definition) is 1. The number of likely N-dealkylation sites (tertiary alicyclic amines) is 1. The number of hydrogen-bond acceptors (Lipinski definition) is 5. The largest absolute Gasteiger partial charge is 0.495 e. The van der Waals surface area contributed by atoms with Crippen LogP contribution in [-0.2, 0) is 0 Å². The van der Waals surface area contributed by atoms with Gasteiger partial charge >= 0.3 is 6.03 Å². The maximum absolute atomic E-state index is 14.0. The third kappa shape index (κ3) is 3.93. The van der Waals surface area contributed by atoms with Gasteiger partial charge in [0.25, 0.3) is 0 Å². The molecule has 1 atom stereocenters. The lowest BCUT2D eigenvalue weighted by Gasteiger charge is -2.23. The second kappa shape index (κ2) is 8.27. The van der Waals surface area contributed by atoms with E-state index in [0.29, 0.717) is 29.4 Å². The minimum absolute atomic E-state index is 0.00808. The van der Waals surface area contributed by atoms with Gasteiger partial charge in [-0.05, 0) is 43.2 Å². The van der Waals surface area contributed by atoms with E-state index < -0.39 is 17.7 Å². The van der Waals surface area contributed by atoms with Gasteiger partial charge in [-0.25, -0.2) is 13.6 Å². The molecule has 10 heteroatoms. The molecule has 30 heavy (non-hydrogen) atoms. The van der Waals surface area contributed by atoms with Crippen LogP contribution in [0.1, 0.15) is 24.8 Å². The van der Waals surface area contributed by atoms with E-state index >= 15 is 0 Å². The molecule has 3 aromatic rings. The molecule has 2 aromatic carbocycles. The normalized spacial score (nSPS) is 16.0. The number of nitrogens with one attached hydrogen (secondary N) is 1. The highest BCUT2D eigenvalue weighted by atomic mass is 35.5. The van der Waals surface area contributed by atoms with Gasteiger partial charge in [-0.1, -0.05) is 16.8 Å². The Kier molecular flexibility index (Phi) is 5.54. The highest BCUT2D eigenvalue weighted by Crippen LogP contribution is 2.34. The molecule has 0 bridgehead atoms. The summed E-state index contributed by atoms with van der Waals surface area (Å²) < 4.78 is 37.7. The number of carbonyl (C=O) groups is 1. The highest BCUT2D eigenvalue weighted by molar-refractivity contribution is 6.31. The molecule has 1 aliphatic heterocycles. The van der Waals surface area contributed by atoms with Crippen LogP contribution < -0.4 is 10.1 Å². The van der Waals surface area contributed by atoms with Crippen molar-refractivity contribution in [3.63, 3.8) is 0 Å². The highest BCUT2D eigenvalue weighted by Gasteiger charge is 2.34. The predicted molar refractivity (Wildman–Crippen MR) is 105 cm³/mol. The van der Waals surface area contributed by atoms with Gasteiger partial charge in [0.1, 0.15) is 23.4 Å². The lowest BCUT2D eigenvalue weighted by Crippen LogP contribution is -2.34. The number of urea groups is 1. The Hall–Kier alpha value is -3.20. The lowest BCUT2D eigenvalue weighted by atomic mass is 10.2. The molecule has 0 radical (unpaired) electrons. The Labute approximate surface area is 175 Å². The maximum atomic E-state index is 14.0. The lowest BCUT2D eigenvalue weighted by molar-refractivity contribution is 0.193. The number of carbonyl (C=O) groups excluding carboxylic acids is 1. The van der Waals surface area contributed by atoms with Crippen LogP contribution in [0, 0.1) is 11.6 Å². The van der Waals surface area contributed by atoms with E-state index in [1.54, 1.807) is 23.1 Å². The summed E-state index contributed by atoms with van der Waals surface area (Å²) in [5.74, 6) is -0.854. The molecule has 2 heterocycles. The van der Waals surface area contributed by atoms with Crippen molar-refractivity contribution in [2.45, 2.75) is 18.9 Å². The van der Waals surface area contributed by atoms with Gasteiger partial charge in [0.15, 0.2) is 0 Å². The van der Waals surface area contributed by atoms with Gasteiger partial charge in [0.2, 0.25) is 11.7 Å². The number of amides is 2. The number of nitrogens with zero attached hydrogens (tertiary/aromatic N) is 3. The van der Waals surface area contributed by atoms with E-state index in [4.69, 9.17) is 20.9 Å². The van der Waals surface area contributed by atoms with Crippen LogP contribution in [0.5, 0.6) is 5.75 Å². The Morgan fingerprint density at radius 3 is 2.90 bits per heavy atom. The Bertz CT molecular complexity index is 1090. The molecular formula is C20H17ClF2N4O3. The molecule has 0 spiro atoms. The Morgan fingerprint density at radius 1 is 1.30 bits per heavy atom. The van der Waals surface area contributed by atoms with Gasteiger partial charge in [-0.15, -0.1) is 0 Å². The smallest absolute Gasteiger partial charge is 0.322 e. The monoisotopic (exact) mass is 434 g/mol. The van der Waals surface area contributed by atoms with E-state index in [1.165, 1.54) is 13.2 Å². The van der Waals surface area contributed by atoms with E-state index in [-0.39, 0.29) is 23.3 Å². The first-order chi connectivity index (χ1) is 14.5. The molecule has 2 amide bonds. The van der Waals surface area contributed by atoms with Crippen molar-refractivity contribution in [3.8, 4) is 17.1 Å². The van der Waals surface area contributed by atoms with E-state index in [1.807, 2.05) is 0 Å². The predicted octanol–water partition coefficient (Wildman–Crippen LogP) is 5.05. The Balaban J connectivity index is 1.55. The molecule has 0 saturated carbocycles. The number of benzene rings is 2. The molecule has 1 saturated heterocycles. The summed E-state index contributed by atoms with van der Waals surface area (Å²) in [6, 6.07) is 7.14. The third-order valence-corrected chi connectivity index (χ3v) is 5.05. The summed E-state index contributed by atoms with van der Waals surface area (Å²) in [5.41, 5.74) is 0.448. The van der Waals surface area contributed by atoms with E-state index in [2.05, 4.69) is 15.5 Å². The molecule has 0 unspecified atom stereocenters. The van der Waals surface area contributed by atoms with Crippen molar-refractivity contribution < 1.29 is 22.8 Å². The fourth-order valence-corrected chi connectivity index (χ4v) is 3.55. The molecule has 156 valence electrons. The quantitative estimate of drug-likeness (QED) is 0.621. The van der Waals surface area contributed by atoms with Crippen LogP contribution in [0.25, 0.3) is 11.4 Å². The molecule has 0 aliphatic carbocycles. The van der Waals surface area contributed by atoms with Crippen LogP contribution >= 0.6 is 11.6 Å². The van der Waals surface area contributed by atoms with Crippen molar-refractivity contribution in [1.29, 1.82) is 0 Å². The van der Waals surface area contributed by atoms with Crippen LogP contribution in [0.4, 0.5) is 19.3 Å². The van der Waals surface area contributed by atoms with Gasteiger partial charge < -0.3 is 19.5 Å². The summed E-state index contributed by atoms with van der Waals surface area (Å²) in [5, 5.41) is 7.03. The summed E-state index contributed by atoms with van der Waals surface area (Å²) in [6.45, 7) is 0.474. The molecule has 7 nitrogen and oxygen atoms in total. The summed E-state index contributed by atoms with van der Waals surface area (Å²) in [4.78, 5) is 18.7. The third-order valence-electron chi connectivity index (χ3n) is 4.82. The molecule has 1 fully saturated rings. The van der Waals surface area contributed by atoms with E-state index in [9.17, 15) is 13.6 Å². The number of methoxy groups -OCH3 is 1. The maximum Gasteiger partial charge on any atom is 0.322 e.